The smallest absolute Gasteiger partial charge is 0.129 e. The molecular formula is C46H40IrN2O-2. The molecule has 0 atom stereocenters. The van der Waals surface area contributed by atoms with Gasteiger partial charge in [-0.25, -0.2) is 0 Å². The average molecular weight is 829 g/mol. The summed E-state index contributed by atoms with van der Waals surface area (Å²) in [7, 11) is 0. The second-order valence-electron chi connectivity index (χ2n) is 14.4. The van der Waals surface area contributed by atoms with E-state index in [1.54, 1.807) is 0 Å². The molecule has 251 valence electrons. The van der Waals surface area contributed by atoms with Crippen LogP contribution >= 0.6 is 0 Å². The summed E-state index contributed by atoms with van der Waals surface area (Å²) in [5, 5.41) is 7.09. The molecule has 0 unspecified atom stereocenters. The predicted octanol–water partition coefficient (Wildman–Crippen LogP) is 12.6. The van der Waals surface area contributed by atoms with Crippen LogP contribution in [0.4, 0.5) is 0 Å². The molecule has 5 aromatic carbocycles. The zero-order chi connectivity index (χ0) is 33.5. The molecule has 0 saturated heterocycles. The van der Waals surface area contributed by atoms with Gasteiger partial charge in [0, 0.05) is 43.3 Å². The molecular weight excluding hydrogens is 789 g/mol. The number of benzene rings is 5. The Morgan fingerprint density at radius 3 is 2.20 bits per heavy atom. The van der Waals surface area contributed by atoms with E-state index in [1.807, 2.05) is 55.7 Å². The van der Waals surface area contributed by atoms with E-state index in [-0.39, 0.29) is 20.1 Å². The minimum absolute atomic E-state index is 0. The quantitative estimate of drug-likeness (QED) is 0.132. The number of nitrogens with zero attached hydrogens (tertiary/aromatic N) is 2. The molecule has 8 aromatic rings. The summed E-state index contributed by atoms with van der Waals surface area (Å²) in [6.07, 6.45) is 8.96. The second kappa shape index (κ2) is 13.9. The number of aryl methyl sites for hydroxylation is 2. The van der Waals surface area contributed by atoms with Gasteiger partial charge in [0.25, 0.3) is 0 Å². The van der Waals surface area contributed by atoms with Gasteiger partial charge in [0.05, 0.1) is 5.58 Å². The summed E-state index contributed by atoms with van der Waals surface area (Å²) in [5.41, 5.74) is 10.1. The zero-order valence-electron chi connectivity index (χ0n) is 29.0. The van der Waals surface area contributed by atoms with Crippen LogP contribution in [0.15, 0.2) is 120 Å². The molecule has 1 fully saturated rings. The third kappa shape index (κ3) is 6.51. The van der Waals surface area contributed by atoms with E-state index < -0.39 is 0 Å². The zero-order valence-corrected chi connectivity index (χ0v) is 31.4. The van der Waals surface area contributed by atoms with E-state index in [1.165, 1.54) is 63.9 Å². The largest absolute Gasteiger partial charge is 0.500 e. The first-order chi connectivity index (χ1) is 23.8. The molecule has 3 heterocycles. The molecule has 1 saturated carbocycles. The van der Waals surface area contributed by atoms with Gasteiger partial charge in [-0.2, -0.15) is 0 Å². The third-order valence-corrected chi connectivity index (χ3v) is 10.4. The van der Waals surface area contributed by atoms with Crippen LogP contribution in [0.5, 0.6) is 0 Å². The van der Waals surface area contributed by atoms with Gasteiger partial charge in [0.1, 0.15) is 5.58 Å². The molecule has 3 aromatic heterocycles. The van der Waals surface area contributed by atoms with Crippen molar-refractivity contribution in [2.24, 2.45) is 5.41 Å². The van der Waals surface area contributed by atoms with Gasteiger partial charge in [-0.15, -0.1) is 54.1 Å². The van der Waals surface area contributed by atoms with Crippen LogP contribution in [0, 0.1) is 31.4 Å². The Hall–Kier alpha value is -4.63. The molecule has 9 rings (SSSR count). The van der Waals surface area contributed by atoms with Gasteiger partial charge in [-0.05, 0) is 95.1 Å². The summed E-state index contributed by atoms with van der Waals surface area (Å²) in [6.45, 7) is 9.04. The summed E-state index contributed by atoms with van der Waals surface area (Å²) in [6, 6.07) is 42.3. The Labute approximate surface area is 308 Å². The molecule has 3 nitrogen and oxygen atoms in total. The van der Waals surface area contributed by atoms with E-state index in [2.05, 4.69) is 105 Å². The van der Waals surface area contributed by atoms with Crippen molar-refractivity contribution in [2.75, 3.05) is 0 Å². The molecule has 1 aliphatic rings. The first-order valence-corrected chi connectivity index (χ1v) is 17.4. The van der Waals surface area contributed by atoms with Crippen LogP contribution in [0.1, 0.15) is 62.1 Å². The number of hydrogen-bond donors (Lipinski definition) is 0. The van der Waals surface area contributed by atoms with Gasteiger partial charge in [-0.1, -0.05) is 91.5 Å². The first kappa shape index (κ1) is 33.8. The maximum atomic E-state index is 6.73. The van der Waals surface area contributed by atoms with Crippen molar-refractivity contribution in [1.82, 2.24) is 9.97 Å². The summed E-state index contributed by atoms with van der Waals surface area (Å²) < 4.78 is 6.73. The summed E-state index contributed by atoms with van der Waals surface area (Å²) in [4.78, 5) is 9.19. The van der Waals surface area contributed by atoms with Crippen LogP contribution in [-0.2, 0) is 20.1 Å². The fourth-order valence-corrected chi connectivity index (χ4v) is 7.48. The van der Waals surface area contributed by atoms with Gasteiger partial charge in [0.15, 0.2) is 0 Å². The Morgan fingerprint density at radius 2 is 1.42 bits per heavy atom. The van der Waals surface area contributed by atoms with Crippen LogP contribution in [-0.4, -0.2) is 9.97 Å². The van der Waals surface area contributed by atoms with Gasteiger partial charge >= 0.3 is 0 Å². The first-order valence-electron chi connectivity index (χ1n) is 17.4. The minimum Gasteiger partial charge on any atom is -0.500 e. The second-order valence-corrected chi connectivity index (χ2v) is 14.4. The number of hydrogen-bond acceptors (Lipinski definition) is 3. The minimum atomic E-state index is 0. The molecule has 1 aliphatic carbocycles. The van der Waals surface area contributed by atoms with Crippen molar-refractivity contribution in [1.29, 1.82) is 0 Å². The monoisotopic (exact) mass is 829 g/mol. The Morgan fingerprint density at radius 1 is 0.680 bits per heavy atom. The van der Waals surface area contributed by atoms with E-state index in [0.29, 0.717) is 11.3 Å². The fraction of sp³-hybridized carbons (Fsp3) is 0.217. The Balaban J connectivity index is 0.000000236. The molecule has 0 amide bonds. The van der Waals surface area contributed by atoms with Crippen molar-refractivity contribution in [3.8, 4) is 22.5 Å². The van der Waals surface area contributed by atoms with Crippen LogP contribution in [0.25, 0.3) is 66.0 Å². The molecule has 1 radical (unpaired) electrons. The van der Waals surface area contributed by atoms with E-state index in [0.717, 1.165) is 44.5 Å². The van der Waals surface area contributed by atoms with E-state index >= 15 is 0 Å². The predicted molar refractivity (Wildman–Crippen MR) is 204 cm³/mol. The Bertz CT molecular complexity index is 2430. The molecule has 50 heavy (non-hydrogen) atoms. The molecule has 0 aliphatic heterocycles. The van der Waals surface area contributed by atoms with Crippen molar-refractivity contribution < 1.29 is 24.5 Å². The number of furan rings is 1. The van der Waals surface area contributed by atoms with Crippen molar-refractivity contribution >= 4 is 43.5 Å². The van der Waals surface area contributed by atoms with E-state index in [4.69, 9.17) is 9.40 Å². The maximum absolute atomic E-state index is 6.73. The van der Waals surface area contributed by atoms with Gasteiger partial charge in [-0.3, -0.25) is 0 Å². The maximum Gasteiger partial charge on any atom is 0.129 e. The fourth-order valence-electron chi connectivity index (χ4n) is 7.48. The molecule has 0 bridgehead atoms. The van der Waals surface area contributed by atoms with Crippen LogP contribution in [0.3, 0.4) is 0 Å². The van der Waals surface area contributed by atoms with Crippen molar-refractivity contribution in [3.05, 3.63) is 144 Å². The Kier molecular flexibility index (Phi) is 9.44. The normalized spacial score (nSPS) is 14.4. The average Bonchev–Trinajstić information content (AvgIpc) is 3.52. The molecule has 0 N–H and O–H groups in total. The van der Waals surface area contributed by atoms with Gasteiger partial charge in [0.2, 0.25) is 0 Å². The number of pyridine rings is 2. The standard InChI is InChI=1S/C34H30NO.C12H10N.Ir/c1-21-20-35-30(19-29(21)23-15-17-34(2,3)18-16-23)28-10-6-9-26-27-14-13-24-12-11-22-7-4-5-8-25(22)31(24)33(27)36-32(26)28;1-10-7-8-12(13-9-10)11-5-3-2-4-6-11;/h4-9,11-14,19-20,23H,15-18H2,1-3H3;2-5,7-9H,1H3;/q2*-1;. The van der Waals surface area contributed by atoms with Gasteiger partial charge < -0.3 is 14.4 Å². The van der Waals surface area contributed by atoms with Crippen LogP contribution in [0.2, 0.25) is 0 Å². The van der Waals surface area contributed by atoms with E-state index in [9.17, 15) is 0 Å². The molecule has 0 spiro atoms. The molecule has 4 heteroatoms. The van der Waals surface area contributed by atoms with Crippen molar-refractivity contribution in [2.45, 2.75) is 59.3 Å². The van der Waals surface area contributed by atoms with Crippen molar-refractivity contribution in [3.63, 3.8) is 0 Å². The number of fused-ring (bicyclic) bond motifs is 7. The number of rotatable bonds is 3. The SMILES string of the molecule is Cc1ccc(-c2[c-]cccc2)nc1.Cc1cnc(-c2[c-]ccc3c2oc2c3ccc3ccc4ccccc4c32)cc1C1CCC(C)(C)CC1.[Ir]. The number of aromatic nitrogens is 2. The topological polar surface area (TPSA) is 38.9 Å². The van der Waals surface area contributed by atoms with Crippen LogP contribution < -0.4 is 0 Å². The summed E-state index contributed by atoms with van der Waals surface area (Å²) >= 11 is 0. The third-order valence-electron chi connectivity index (χ3n) is 10.4. The summed E-state index contributed by atoms with van der Waals surface area (Å²) in [5.74, 6) is 0.602.